The number of benzene rings is 2. The highest BCUT2D eigenvalue weighted by Crippen LogP contribution is 2.31. The molecule has 7 heteroatoms. The van der Waals surface area contributed by atoms with Crippen LogP contribution in [0.25, 0.3) is 0 Å². The van der Waals surface area contributed by atoms with Crippen LogP contribution in [0, 0.1) is 0 Å². The Kier molecular flexibility index (Phi) is 6.18. The number of hydrogen-bond acceptors (Lipinski definition) is 5. The molecule has 2 aromatic carbocycles. The number of amides is 2. The highest BCUT2D eigenvalue weighted by molar-refractivity contribution is 5.98. The lowest BCUT2D eigenvalue weighted by Gasteiger charge is -2.23. The molecule has 2 amide bonds. The largest absolute Gasteiger partial charge is 0.486 e. The van der Waals surface area contributed by atoms with Crippen LogP contribution in [-0.4, -0.2) is 49.2 Å². The van der Waals surface area contributed by atoms with Crippen molar-refractivity contribution in [2.75, 3.05) is 31.7 Å². The summed E-state index contributed by atoms with van der Waals surface area (Å²) in [6.45, 7) is 4.64. The van der Waals surface area contributed by atoms with Gasteiger partial charge in [-0.15, -0.1) is 0 Å². The number of carbonyl (C=O) groups excluding carboxylic acids is 2. The molecule has 2 aliphatic rings. The first-order valence-corrected chi connectivity index (χ1v) is 10.3. The van der Waals surface area contributed by atoms with Crippen LogP contribution in [0.5, 0.6) is 11.5 Å². The molecule has 4 rings (SSSR count). The molecule has 0 saturated carbocycles. The van der Waals surface area contributed by atoms with E-state index in [0.717, 1.165) is 24.2 Å². The Labute approximate surface area is 175 Å². The van der Waals surface area contributed by atoms with E-state index in [9.17, 15) is 9.59 Å². The topological polar surface area (TPSA) is 77.1 Å². The molecule has 0 aliphatic carbocycles. The Hall–Kier alpha value is -3.06. The zero-order valence-corrected chi connectivity index (χ0v) is 17.1. The van der Waals surface area contributed by atoms with E-state index in [1.807, 2.05) is 25.1 Å². The zero-order chi connectivity index (χ0) is 20.9. The molecule has 30 heavy (non-hydrogen) atoms. The van der Waals surface area contributed by atoms with E-state index >= 15 is 0 Å². The second-order valence-electron chi connectivity index (χ2n) is 7.37. The number of nitrogens with one attached hydrogen (secondary N) is 1. The molecule has 2 aromatic rings. The molecular formula is C23H26N2O5. The van der Waals surface area contributed by atoms with Gasteiger partial charge in [-0.1, -0.05) is 12.1 Å². The van der Waals surface area contributed by atoms with Gasteiger partial charge < -0.3 is 24.4 Å². The van der Waals surface area contributed by atoms with E-state index in [2.05, 4.69) is 5.32 Å². The van der Waals surface area contributed by atoms with Gasteiger partial charge in [0.2, 0.25) is 0 Å². The molecule has 1 fully saturated rings. The monoisotopic (exact) mass is 410 g/mol. The lowest BCUT2D eigenvalue weighted by Crippen LogP contribution is -2.30. The van der Waals surface area contributed by atoms with E-state index in [4.69, 9.17) is 14.2 Å². The van der Waals surface area contributed by atoms with Gasteiger partial charge in [0, 0.05) is 30.9 Å². The molecule has 0 bridgehead atoms. The third-order valence-electron chi connectivity index (χ3n) is 5.25. The van der Waals surface area contributed by atoms with Crippen molar-refractivity contribution in [1.82, 2.24) is 4.90 Å². The van der Waals surface area contributed by atoms with Crippen molar-refractivity contribution in [2.24, 2.45) is 0 Å². The van der Waals surface area contributed by atoms with E-state index < -0.39 is 6.10 Å². The summed E-state index contributed by atoms with van der Waals surface area (Å²) in [5.41, 5.74) is 2.09. The van der Waals surface area contributed by atoms with Crippen LogP contribution < -0.4 is 14.8 Å². The zero-order valence-electron chi connectivity index (χ0n) is 17.1. The van der Waals surface area contributed by atoms with Crippen molar-refractivity contribution in [3.63, 3.8) is 0 Å². The van der Waals surface area contributed by atoms with Gasteiger partial charge in [0.25, 0.3) is 11.8 Å². The average molecular weight is 410 g/mol. The van der Waals surface area contributed by atoms with Gasteiger partial charge in [-0.2, -0.15) is 0 Å². The van der Waals surface area contributed by atoms with Gasteiger partial charge in [0.05, 0.1) is 0 Å². The van der Waals surface area contributed by atoms with Gasteiger partial charge in [-0.3, -0.25) is 9.59 Å². The Morgan fingerprint density at radius 2 is 1.90 bits per heavy atom. The fourth-order valence-corrected chi connectivity index (χ4v) is 3.65. The van der Waals surface area contributed by atoms with Crippen LogP contribution in [0.1, 0.15) is 35.7 Å². The van der Waals surface area contributed by atoms with Gasteiger partial charge in [-0.25, -0.2) is 0 Å². The van der Waals surface area contributed by atoms with Gasteiger partial charge in [0.1, 0.15) is 19.3 Å². The Morgan fingerprint density at radius 1 is 1.07 bits per heavy atom. The van der Waals surface area contributed by atoms with E-state index in [1.54, 1.807) is 29.2 Å². The third-order valence-corrected chi connectivity index (χ3v) is 5.25. The highest BCUT2D eigenvalue weighted by Gasteiger charge is 2.24. The number of rotatable bonds is 6. The van der Waals surface area contributed by atoms with Crippen LogP contribution in [0.15, 0.2) is 42.5 Å². The molecule has 0 spiro atoms. The quantitative estimate of drug-likeness (QED) is 0.791. The number of carbonyl (C=O) groups is 2. The minimum Gasteiger partial charge on any atom is -0.486 e. The fourth-order valence-electron chi connectivity index (χ4n) is 3.65. The van der Waals surface area contributed by atoms with Crippen LogP contribution in [0.4, 0.5) is 5.69 Å². The number of hydrogen-bond donors (Lipinski definition) is 1. The third kappa shape index (κ3) is 4.57. The summed E-state index contributed by atoms with van der Waals surface area (Å²) in [7, 11) is 0. The van der Waals surface area contributed by atoms with Crippen LogP contribution in [0.2, 0.25) is 0 Å². The summed E-state index contributed by atoms with van der Waals surface area (Å²) in [6, 6.07) is 12.8. The van der Waals surface area contributed by atoms with E-state index in [0.29, 0.717) is 49.9 Å². The number of fused-ring (bicyclic) bond motifs is 1. The smallest absolute Gasteiger partial charge is 0.254 e. The average Bonchev–Trinajstić information content (AvgIpc) is 3.32. The van der Waals surface area contributed by atoms with Crippen molar-refractivity contribution < 1.29 is 23.8 Å². The summed E-state index contributed by atoms with van der Waals surface area (Å²) in [5, 5.41) is 2.85. The summed E-state index contributed by atoms with van der Waals surface area (Å²) in [4.78, 5) is 27.1. The van der Waals surface area contributed by atoms with E-state index in [1.165, 1.54) is 0 Å². The summed E-state index contributed by atoms with van der Waals surface area (Å²) >= 11 is 0. The first-order valence-electron chi connectivity index (χ1n) is 10.3. The van der Waals surface area contributed by atoms with Crippen LogP contribution in [0.3, 0.4) is 0 Å². The normalized spacial score (nSPS) is 17.4. The summed E-state index contributed by atoms with van der Waals surface area (Å²) in [5.74, 6) is 1.18. The second kappa shape index (κ2) is 9.17. The molecule has 1 atom stereocenters. The molecule has 7 nitrogen and oxygen atoms in total. The van der Waals surface area contributed by atoms with Gasteiger partial charge >= 0.3 is 0 Å². The first-order chi connectivity index (χ1) is 14.6. The molecule has 2 heterocycles. The molecule has 2 aliphatic heterocycles. The molecule has 158 valence electrons. The Balaban J connectivity index is 1.45. The second-order valence-corrected chi connectivity index (χ2v) is 7.37. The predicted molar refractivity (Wildman–Crippen MR) is 112 cm³/mol. The minimum absolute atomic E-state index is 0.0967. The molecule has 0 aromatic heterocycles. The lowest BCUT2D eigenvalue weighted by molar-refractivity contribution is -0.124. The van der Waals surface area contributed by atoms with Crippen molar-refractivity contribution in [1.29, 1.82) is 0 Å². The molecule has 1 N–H and O–H groups in total. The number of nitrogens with zero attached hydrogens (tertiary/aromatic N) is 1. The fraction of sp³-hybridized carbons (Fsp3) is 0.391. The van der Waals surface area contributed by atoms with Crippen LogP contribution >= 0.6 is 0 Å². The van der Waals surface area contributed by atoms with Gasteiger partial charge in [0.15, 0.2) is 11.5 Å². The maximum atomic E-state index is 13.1. The molecule has 1 saturated heterocycles. The number of anilines is 1. The van der Waals surface area contributed by atoms with E-state index in [-0.39, 0.29) is 11.8 Å². The van der Waals surface area contributed by atoms with Crippen molar-refractivity contribution in [3.05, 3.63) is 53.6 Å². The predicted octanol–water partition coefficient (Wildman–Crippen LogP) is 3.24. The van der Waals surface area contributed by atoms with Crippen molar-refractivity contribution in [3.8, 4) is 11.5 Å². The minimum atomic E-state index is -0.410. The summed E-state index contributed by atoms with van der Waals surface area (Å²) < 4.78 is 16.6. The molecule has 0 radical (unpaired) electrons. The van der Waals surface area contributed by atoms with Crippen molar-refractivity contribution in [2.45, 2.75) is 32.4 Å². The Bertz CT molecular complexity index is 924. The SMILES string of the molecule is CCN(Cc1ccc2c(c1)OCCO2)C(=O)c1cccc(NC(=O)[C@H]2CCCO2)c1. The lowest BCUT2D eigenvalue weighted by atomic mass is 10.1. The highest BCUT2D eigenvalue weighted by atomic mass is 16.6. The van der Waals surface area contributed by atoms with Crippen LogP contribution in [-0.2, 0) is 16.1 Å². The first kappa shape index (κ1) is 20.2. The maximum absolute atomic E-state index is 13.1. The van der Waals surface area contributed by atoms with Gasteiger partial charge in [-0.05, 0) is 55.7 Å². The summed E-state index contributed by atoms with van der Waals surface area (Å²) in [6.07, 6.45) is 1.21. The molecule has 0 unspecified atom stereocenters. The van der Waals surface area contributed by atoms with Crippen molar-refractivity contribution >= 4 is 17.5 Å². The standard InChI is InChI=1S/C23H26N2O5/c1-2-25(15-16-8-9-19-21(13-16)30-12-11-29-19)23(27)17-5-3-6-18(14-17)24-22(26)20-7-4-10-28-20/h3,5-6,8-9,13-14,20H,2,4,7,10-12,15H2,1H3,(H,24,26)/t20-/m1/s1. The number of ether oxygens (including phenoxy) is 3. The molecular weight excluding hydrogens is 384 g/mol. The Morgan fingerprint density at radius 3 is 2.67 bits per heavy atom. The maximum Gasteiger partial charge on any atom is 0.254 e.